The fourth-order valence-electron chi connectivity index (χ4n) is 8.50. The van der Waals surface area contributed by atoms with Gasteiger partial charge in [0.05, 0.1) is 22.2 Å². The minimum Gasteiger partial charge on any atom is -0.278 e. The summed E-state index contributed by atoms with van der Waals surface area (Å²) in [6, 6.07) is 63.3. The zero-order valence-electron chi connectivity index (χ0n) is 29.4. The average molecular weight is 736 g/mol. The molecule has 55 heavy (non-hydrogen) atoms. The van der Waals surface area contributed by atoms with Crippen molar-refractivity contribution in [1.29, 1.82) is 0 Å². The molecule has 12 aromatic rings. The summed E-state index contributed by atoms with van der Waals surface area (Å²) in [5.41, 5.74) is 9.75. The first-order valence-electron chi connectivity index (χ1n) is 18.5. The second kappa shape index (κ2) is 11.9. The Bertz CT molecular complexity index is 3300. The third-order valence-electron chi connectivity index (χ3n) is 11.0. The van der Waals surface area contributed by atoms with Crippen LogP contribution in [0.3, 0.4) is 0 Å². The Hall–Kier alpha value is -6.66. The van der Waals surface area contributed by atoms with Crippen molar-refractivity contribution in [3.05, 3.63) is 176 Å². The largest absolute Gasteiger partial charge is 0.278 e. The molecule has 0 aliphatic heterocycles. The molecule has 0 fully saturated rings. The van der Waals surface area contributed by atoms with Gasteiger partial charge in [0, 0.05) is 62.1 Å². The van der Waals surface area contributed by atoms with Crippen LogP contribution in [0.2, 0.25) is 0 Å². The van der Waals surface area contributed by atoms with E-state index in [2.05, 4.69) is 180 Å². The van der Waals surface area contributed by atoms with Crippen LogP contribution >= 0.6 is 22.7 Å². The zero-order valence-corrected chi connectivity index (χ0v) is 31.0. The Kier molecular flexibility index (Phi) is 6.67. The molecule has 0 atom stereocenters. The maximum Gasteiger partial charge on any atom is 0.235 e. The second-order valence-corrected chi connectivity index (χ2v) is 16.2. The maximum atomic E-state index is 5.59. The van der Waals surface area contributed by atoms with Gasteiger partial charge in [0.25, 0.3) is 0 Å². The third kappa shape index (κ3) is 4.67. The number of aromatic nitrogens is 3. The van der Waals surface area contributed by atoms with Crippen LogP contribution in [0.1, 0.15) is 0 Å². The average Bonchev–Trinajstić information content (AvgIpc) is 3.93. The van der Waals surface area contributed by atoms with E-state index in [9.17, 15) is 0 Å². The van der Waals surface area contributed by atoms with Gasteiger partial charge in [0.2, 0.25) is 5.95 Å². The lowest BCUT2D eigenvalue weighted by atomic mass is 9.94. The number of rotatable bonds is 4. The quantitative estimate of drug-likeness (QED) is 0.180. The SMILES string of the molecule is c1ccc(-c2cc(-c3ccccc3)cc(-c3nc(-n4c5ccc6c7ccccc7sc6c5c5c6sc7ccccc7c6ccc54)nc4ccccc34)c2)cc1. The normalized spacial score (nSPS) is 12.0. The summed E-state index contributed by atoms with van der Waals surface area (Å²) in [7, 11) is 0. The van der Waals surface area contributed by atoms with Crippen LogP contribution in [0, 0.1) is 0 Å². The Morgan fingerprint density at radius 2 is 0.836 bits per heavy atom. The van der Waals surface area contributed by atoms with Crippen LogP contribution in [-0.4, -0.2) is 14.5 Å². The summed E-state index contributed by atoms with van der Waals surface area (Å²) in [6.45, 7) is 0. The summed E-state index contributed by atoms with van der Waals surface area (Å²) < 4.78 is 7.51. The van der Waals surface area contributed by atoms with Crippen LogP contribution in [0.25, 0.3) is 113 Å². The fraction of sp³-hybridized carbons (Fsp3) is 0. The molecule has 4 aromatic heterocycles. The van der Waals surface area contributed by atoms with E-state index in [1.165, 1.54) is 62.2 Å². The molecule has 0 aliphatic carbocycles. The molecule has 0 spiro atoms. The fourth-order valence-corrected chi connectivity index (χ4v) is 11.0. The lowest BCUT2D eigenvalue weighted by molar-refractivity contribution is 1.01. The van der Waals surface area contributed by atoms with Crippen molar-refractivity contribution in [3.8, 4) is 39.5 Å². The van der Waals surface area contributed by atoms with E-state index in [4.69, 9.17) is 9.97 Å². The van der Waals surface area contributed by atoms with E-state index in [1.807, 2.05) is 22.7 Å². The zero-order chi connectivity index (χ0) is 36.0. The number of benzene rings is 8. The molecule has 0 unspecified atom stereocenters. The number of nitrogens with zero attached hydrogens (tertiary/aromatic N) is 3. The van der Waals surface area contributed by atoms with Crippen molar-refractivity contribution in [3.63, 3.8) is 0 Å². The molecule has 0 bridgehead atoms. The summed E-state index contributed by atoms with van der Waals surface area (Å²) in [5.74, 6) is 0.668. The van der Waals surface area contributed by atoms with E-state index >= 15 is 0 Å². The molecule has 0 saturated heterocycles. The molecule has 8 aromatic carbocycles. The highest BCUT2D eigenvalue weighted by Crippen LogP contribution is 2.48. The van der Waals surface area contributed by atoms with E-state index in [1.54, 1.807) is 0 Å². The van der Waals surface area contributed by atoms with Gasteiger partial charge in [-0.3, -0.25) is 4.57 Å². The Labute approximate surface area is 324 Å². The van der Waals surface area contributed by atoms with Crippen molar-refractivity contribution in [2.45, 2.75) is 0 Å². The molecular formula is C50H29N3S2. The maximum absolute atomic E-state index is 5.59. The number of para-hydroxylation sites is 1. The molecule has 12 rings (SSSR count). The molecule has 0 N–H and O–H groups in total. The number of hydrogen-bond acceptors (Lipinski definition) is 4. The Morgan fingerprint density at radius 3 is 1.40 bits per heavy atom. The number of fused-ring (bicyclic) bond motifs is 12. The van der Waals surface area contributed by atoms with Gasteiger partial charge in [-0.1, -0.05) is 127 Å². The minimum absolute atomic E-state index is 0.668. The van der Waals surface area contributed by atoms with Crippen molar-refractivity contribution in [2.75, 3.05) is 0 Å². The molecule has 5 heteroatoms. The monoisotopic (exact) mass is 735 g/mol. The smallest absolute Gasteiger partial charge is 0.235 e. The first kappa shape index (κ1) is 30.8. The van der Waals surface area contributed by atoms with Crippen LogP contribution in [0.4, 0.5) is 0 Å². The summed E-state index contributed by atoms with van der Waals surface area (Å²) in [6.07, 6.45) is 0. The van der Waals surface area contributed by atoms with Crippen molar-refractivity contribution < 1.29 is 0 Å². The first-order valence-corrected chi connectivity index (χ1v) is 20.1. The molecule has 0 radical (unpaired) electrons. The van der Waals surface area contributed by atoms with Crippen LogP contribution in [0.5, 0.6) is 0 Å². The van der Waals surface area contributed by atoms with Crippen LogP contribution in [0.15, 0.2) is 176 Å². The molecule has 0 saturated carbocycles. The molecule has 256 valence electrons. The van der Waals surface area contributed by atoms with Gasteiger partial charge in [0.15, 0.2) is 0 Å². The Balaban J connectivity index is 1.20. The lowest BCUT2D eigenvalue weighted by Crippen LogP contribution is -2.03. The van der Waals surface area contributed by atoms with Crippen molar-refractivity contribution in [2.24, 2.45) is 0 Å². The van der Waals surface area contributed by atoms with Gasteiger partial charge in [-0.25, -0.2) is 9.97 Å². The van der Waals surface area contributed by atoms with Gasteiger partial charge in [0.1, 0.15) is 0 Å². The molecule has 0 aliphatic rings. The highest BCUT2D eigenvalue weighted by atomic mass is 32.1. The first-order chi connectivity index (χ1) is 27.3. The van der Waals surface area contributed by atoms with Crippen molar-refractivity contribution >= 4 is 95.7 Å². The lowest BCUT2D eigenvalue weighted by Gasteiger charge is -2.14. The van der Waals surface area contributed by atoms with Crippen LogP contribution in [-0.2, 0) is 0 Å². The van der Waals surface area contributed by atoms with Gasteiger partial charge >= 0.3 is 0 Å². The topological polar surface area (TPSA) is 30.7 Å². The Morgan fingerprint density at radius 1 is 0.364 bits per heavy atom. The molecule has 4 heterocycles. The molecule has 3 nitrogen and oxygen atoms in total. The van der Waals surface area contributed by atoms with Crippen molar-refractivity contribution in [1.82, 2.24) is 14.5 Å². The summed E-state index contributed by atoms with van der Waals surface area (Å²) in [5, 5.41) is 8.72. The highest BCUT2D eigenvalue weighted by Gasteiger charge is 2.23. The van der Waals surface area contributed by atoms with Gasteiger partial charge in [-0.05, 0) is 70.8 Å². The number of thiophene rings is 2. The van der Waals surface area contributed by atoms with Gasteiger partial charge in [-0.15, -0.1) is 22.7 Å². The van der Waals surface area contributed by atoms with E-state index in [0.29, 0.717) is 5.95 Å². The predicted molar refractivity (Wildman–Crippen MR) is 236 cm³/mol. The summed E-state index contributed by atoms with van der Waals surface area (Å²) >= 11 is 3.76. The highest BCUT2D eigenvalue weighted by molar-refractivity contribution is 7.28. The van der Waals surface area contributed by atoms with Gasteiger partial charge in [-0.2, -0.15) is 0 Å². The molecular weight excluding hydrogens is 707 g/mol. The third-order valence-corrected chi connectivity index (χ3v) is 13.4. The summed E-state index contributed by atoms with van der Waals surface area (Å²) in [4.78, 5) is 11.0. The molecule has 0 amide bonds. The predicted octanol–water partition coefficient (Wildman–Crippen LogP) is 14.5. The van der Waals surface area contributed by atoms with E-state index in [-0.39, 0.29) is 0 Å². The van der Waals surface area contributed by atoms with E-state index < -0.39 is 0 Å². The second-order valence-electron chi connectivity index (χ2n) is 14.1. The van der Waals surface area contributed by atoms with Crippen LogP contribution < -0.4 is 0 Å². The standard InChI is InChI=1S/C50H29N3S2/c1-3-13-30(14-4-1)32-27-33(31-15-5-2-6-16-31)29-34(28-32)47-39-19-7-10-20-40(39)51-50(52-47)53-41-25-23-37-35-17-8-11-21-43(35)54-48(37)45(41)46-42(53)26-24-38-36-18-9-12-22-44(36)55-49(38)46/h1-29H. The van der Waals surface area contributed by atoms with Gasteiger partial charge < -0.3 is 0 Å². The minimum atomic E-state index is 0.668. The van der Waals surface area contributed by atoms with E-state index in [0.717, 1.165) is 44.3 Å². The number of hydrogen-bond donors (Lipinski definition) is 0.